The molecule has 0 saturated carbocycles. The van der Waals surface area contributed by atoms with E-state index in [0.29, 0.717) is 40.4 Å². The molecule has 0 bridgehead atoms. The fraction of sp³-hybridized carbons (Fsp3) is 0.0606. The lowest BCUT2D eigenvalue weighted by Gasteiger charge is -2.06. The molecule has 41 heavy (non-hydrogen) atoms. The molecule has 7 aromatic rings. The lowest BCUT2D eigenvalue weighted by atomic mass is 10.0. The van der Waals surface area contributed by atoms with Crippen molar-refractivity contribution in [1.29, 1.82) is 5.26 Å². The number of methoxy groups -OCH3 is 1. The predicted molar refractivity (Wildman–Crippen MR) is 156 cm³/mol. The number of ether oxygens (including phenoxy) is 2. The van der Waals surface area contributed by atoms with Crippen LogP contribution in [0.4, 0.5) is 0 Å². The number of aromatic nitrogens is 4. The van der Waals surface area contributed by atoms with E-state index >= 15 is 0 Å². The molecule has 2 N–H and O–H groups in total. The highest BCUT2D eigenvalue weighted by Gasteiger charge is 2.20. The van der Waals surface area contributed by atoms with E-state index in [1.807, 2.05) is 54.6 Å². The van der Waals surface area contributed by atoms with Gasteiger partial charge in [0, 0.05) is 17.0 Å². The van der Waals surface area contributed by atoms with Crippen LogP contribution in [-0.2, 0) is 6.42 Å². The zero-order chi connectivity index (χ0) is 27.9. The molecule has 3 aromatic heterocycles. The SMILES string of the molecule is COc1cccc(Cc2cccc3[nH]c(C(=O)c4cnn5c4[nH]c4cc(Oc6cccc(C#N)c6)ccc45)cc23)c1. The number of benzene rings is 4. The minimum absolute atomic E-state index is 0.153. The highest BCUT2D eigenvalue weighted by atomic mass is 16.5. The van der Waals surface area contributed by atoms with Gasteiger partial charge in [0.05, 0.1) is 47.2 Å². The molecule has 0 saturated heterocycles. The molecule has 3 heterocycles. The number of fused-ring (bicyclic) bond motifs is 4. The largest absolute Gasteiger partial charge is 0.497 e. The topological polar surface area (TPSA) is 108 Å². The molecule has 0 amide bonds. The van der Waals surface area contributed by atoms with Crippen LogP contribution in [0.5, 0.6) is 17.2 Å². The quantitative estimate of drug-likeness (QED) is 0.218. The number of carbonyl (C=O) groups excluding carboxylic acids is 1. The van der Waals surface area contributed by atoms with Crippen molar-refractivity contribution in [2.75, 3.05) is 7.11 Å². The van der Waals surface area contributed by atoms with Gasteiger partial charge in [-0.05, 0) is 72.1 Å². The second kappa shape index (κ2) is 9.74. The van der Waals surface area contributed by atoms with E-state index in [9.17, 15) is 4.79 Å². The molecule has 0 fully saturated rings. The van der Waals surface area contributed by atoms with E-state index in [2.05, 4.69) is 33.3 Å². The maximum atomic E-state index is 13.7. The van der Waals surface area contributed by atoms with E-state index < -0.39 is 0 Å². The summed E-state index contributed by atoms with van der Waals surface area (Å²) in [7, 11) is 1.66. The second-order valence-corrected chi connectivity index (χ2v) is 9.78. The molecular formula is C33H23N5O3. The lowest BCUT2D eigenvalue weighted by molar-refractivity contribution is 0.103. The van der Waals surface area contributed by atoms with Gasteiger partial charge >= 0.3 is 0 Å². The van der Waals surface area contributed by atoms with Crippen molar-refractivity contribution in [2.24, 2.45) is 0 Å². The summed E-state index contributed by atoms with van der Waals surface area (Å²) >= 11 is 0. The molecule has 0 aliphatic rings. The fourth-order valence-electron chi connectivity index (χ4n) is 5.22. The van der Waals surface area contributed by atoms with Crippen molar-refractivity contribution < 1.29 is 14.3 Å². The van der Waals surface area contributed by atoms with Gasteiger partial charge in [-0.25, -0.2) is 4.52 Å². The van der Waals surface area contributed by atoms with Crippen LogP contribution in [0.25, 0.3) is 27.6 Å². The molecule has 0 atom stereocenters. The van der Waals surface area contributed by atoms with Crippen LogP contribution in [0.15, 0.2) is 97.2 Å². The van der Waals surface area contributed by atoms with Crippen LogP contribution in [0, 0.1) is 11.3 Å². The Morgan fingerprint density at radius 3 is 2.61 bits per heavy atom. The van der Waals surface area contributed by atoms with Gasteiger partial charge in [-0.3, -0.25) is 4.79 Å². The third-order valence-electron chi connectivity index (χ3n) is 7.19. The summed E-state index contributed by atoms with van der Waals surface area (Å²) in [4.78, 5) is 20.4. The minimum Gasteiger partial charge on any atom is -0.497 e. The summed E-state index contributed by atoms with van der Waals surface area (Å²) in [6.45, 7) is 0. The molecule has 0 aliphatic heterocycles. The average Bonchev–Trinajstić information content (AvgIpc) is 3.71. The molecule has 0 aliphatic carbocycles. The van der Waals surface area contributed by atoms with E-state index in [4.69, 9.17) is 14.7 Å². The Morgan fingerprint density at radius 1 is 0.902 bits per heavy atom. The zero-order valence-electron chi connectivity index (χ0n) is 22.0. The van der Waals surface area contributed by atoms with Crippen molar-refractivity contribution in [2.45, 2.75) is 6.42 Å². The number of hydrogen-bond donors (Lipinski definition) is 2. The molecule has 0 unspecified atom stereocenters. The van der Waals surface area contributed by atoms with Gasteiger partial charge in [-0.15, -0.1) is 0 Å². The van der Waals surface area contributed by atoms with Crippen molar-refractivity contribution in [3.05, 3.63) is 125 Å². The second-order valence-electron chi connectivity index (χ2n) is 9.78. The zero-order valence-corrected chi connectivity index (χ0v) is 22.0. The summed E-state index contributed by atoms with van der Waals surface area (Å²) in [5, 5.41) is 14.7. The number of nitrogens with one attached hydrogen (secondary N) is 2. The highest BCUT2D eigenvalue weighted by Crippen LogP contribution is 2.29. The van der Waals surface area contributed by atoms with E-state index in [1.165, 1.54) is 0 Å². The van der Waals surface area contributed by atoms with Crippen LogP contribution < -0.4 is 9.47 Å². The summed E-state index contributed by atoms with van der Waals surface area (Å²) in [5.74, 6) is 1.83. The number of ketones is 1. The van der Waals surface area contributed by atoms with Gasteiger partial charge in [-0.1, -0.05) is 30.3 Å². The maximum Gasteiger partial charge on any atom is 0.214 e. The molecule has 8 heteroatoms. The van der Waals surface area contributed by atoms with E-state index in [0.717, 1.165) is 38.8 Å². The average molecular weight is 538 g/mol. The molecule has 0 spiro atoms. The number of imidazole rings is 1. The number of aromatic amines is 2. The van der Waals surface area contributed by atoms with Gasteiger partial charge in [-0.2, -0.15) is 10.4 Å². The Balaban J connectivity index is 1.21. The fourth-order valence-corrected chi connectivity index (χ4v) is 5.22. The number of rotatable bonds is 7. The Hall–Kier alpha value is -5.81. The first-order valence-corrected chi connectivity index (χ1v) is 13.1. The molecule has 198 valence electrons. The summed E-state index contributed by atoms with van der Waals surface area (Å²) < 4.78 is 13.1. The Labute approximate surface area is 234 Å². The summed E-state index contributed by atoms with van der Waals surface area (Å²) in [5.41, 5.74) is 6.81. The Kier molecular flexibility index (Phi) is 5.76. The number of hydrogen-bond acceptors (Lipinski definition) is 5. The molecule has 4 aromatic carbocycles. The lowest BCUT2D eigenvalue weighted by Crippen LogP contribution is -2.01. The minimum atomic E-state index is -0.153. The number of nitriles is 1. The molecule has 0 radical (unpaired) electrons. The smallest absolute Gasteiger partial charge is 0.214 e. The van der Waals surface area contributed by atoms with Gasteiger partial charge < -0.3 is 19.4 Å². The normalized spacial score (nSPS) is 11.2. The van der Waals surface area contributed by atoms with Gasteiger partial charge in [0.1, 0.15) is 22.9 Å². The third-order valence-corrected chi connectivity index (χ3v) is 7.19. The predicted octanol–water partition coefficient (Wildman–Crippen LogP) is 6.79. The first kappa shape index (κ1) is 24.2. The van der Waals surface area contributed by atoms with Gasteiger partial charge in [0.15, 0.2) is 0 Å². The standard InChI is InChI=1S/C33H23N5O3/c1-40-23-8-2-5-20(14-23)13-22-7-4-10-28-26(22)17-30(36-28)32(39)27-19-35-38-31-12-11-25(16-29(31)37-33(27)38)41-24-9-3-6-21(15-24)18-34/h2-12,14-17,19,36-37H,13H2,1H3. The molecule has 8 nitrogen and oxygen atoms in total. The first-order chi connectivity index (χ1) is 20.1. The van der Waals surface area contributed by atoms with E-state index in [-0.39, 0.29) is 5.78 Å². The van der Waals surface area contributed by atoms with Crippen LogP contribution >= 0.6 is 0 Å². The Bertz CT molecular complexity index is 2140. The molecular weight excluding hydrogens is 514 g/mol. The van der Waals surface area contributed by atoms with Gasteiger partial charge in [0.2, 0.25) is 5.78 Å². The Morgan fingerprint density at radius 2 is 1.73 bits per heavy atom. The van der Waals surface area contributed by atoms with Crippen molar-refractivity contribution in [3.8, 4) is 23.3 Å². The van der Waals surface area contributed by atoms with Crippen molar-refractivity contribution in [1.82, 2.24) is 19.6 Å². The van der Waals surface area contributed by atoms with Crippen LogP contribution in [0.2, 0.25) is 0 Å². The van der Waals surface area contributed by atoms with Crippen LogP contribution in [0.1, 0.15) is 32.7 Å². The monoisotopic (exact) mass is 537 g/mol. The third kappa shape index (κ3) is 4.36. The first-order valence-electron chi connectivity index (χ1n) is 13.1. The van der Waals surface area contributed by atoms with Crippen molar-refractivity contribution in [3.63, 3.8) is 0 Å². The summed E-state index contributed by atoms with van der Waals surface area (Å²) in [6.07, 6.45) is 2.30. The molecule has 7 rings (SSSR count). The highest BCUT2D eigenvalue weighted by molar-refractivity contribution is 6.14. The summed E-state index contributed by atoms with van der Waals surface area (Å²) in [6, 6.07) is 30.6. The number of nitrogens with zero attached hydrogens (tertiary/aromatic N) is 3. The number of carbonyl (C=O) groups is 1. The van der Waals surface area contributed by atoms with Crippen LogP contribution in [-0.4, -0.2) is 32.5 Å². The van der Waals surface area contributed by atoms with Gasteiger partial charge in [0.25, 0.3) is 0 Å². The van der Waals surface area contributed by atoms with Crippen molar-refractivity contribution >= 4 is 33.4 Å². The maximum absolute atomic E-state index is 13.7. The number of H-pyrrole nitrogens is 2. The van der Waals surface area contributed by atoms with E-state index in [1.54, 1.807) is 42.1 Å². The van der Waals surface area contributed by atoms with Crippen LogP contribution in [0.3, 0.4) is 0 Å².